The van der Waals surface area contributed by atoms with Gasteiger partial charge in [0.15, 0.2) is 0 Å². The van der Waals surface area contributed by atoms with E-state index in [1.165, 1.54) is 32.6 Å². The molecule has 5 nitrogen and oxygen atoms in total. The summed E-state index contributed by atoms with van der Waals surface area (Å²) in [5.74, 6) is 0.741. The summed E-state index contributed by atoms with van der Waals surface area (Å²) in [5, 5.41) is 6.71. The van der Waals surface area contributed by atoms with E-state index in [9.17, 15) is 9.59 Å². The van der Waals surface area contributed by atoms with E-state index in [4.69, 9.17) is 4.74 Å². The molecule has 2 saturated heterocycles. The van der Waals surface area contributed by atoms with Crippen molar-refractivity contribution >= 4 is 23.6 Å². The monoisotopic (exact) mass is 396 g/mol. The number of hydrogen-bond donors (Lipinski definition) is 2. The largest absolute Gasteiger partial charge is 0.427 e. The van der Waals surface area contributed by atoms with Crippen LogP contribution in [0.3, 0.4) is 0 Å². The van der Waals surface area contributed by atoms with Gasteiger partial charge in [0.2, 0.25) is 0 Å². The number of hydrogen-bond acceptors (Lipinski definition) is 5. The molecule has 0 unspecified atom stereocenters. The van der Waals surface area contributed by atoms with Crippen molar-refractivity contribution in [2.45, 2.75) is 54.6 Å². The molecule has 146 valence electrons. The molecular weight excluding hydrogens is 372 g/mol. The minimum atomic E-state index is -0.328. The first kappa shape index (κ1) is 19.0. The average molecular weight is 397 g/mol. The Labute approximate surface area is 169 Å². The molecule has 2 aliphatic heterocycles. The van der Waals surface area contributed by atoms with Crippen LogP contribution in [0.4, 0.5) is 0 Å². The Morgan fingerprint density at radius 2 is 1.57 bits per heavy atom. The Morgan fingerprint density at radius 3 is 2.11 bits per heavy atom. The number of benzene rings is 2. The fraction of sp³-hybridized carbons (Fsp3) is 0.364. The van der Waals surface area contributed by atoms with E-state index in [-0.39, 0.29) is 18.0 Å². The van der Waals surface area contributed by atoms with E-state index >= 15 is 0 Å². The molecule has 6 heteroatoms. The summed E-state index contributed by atoms with van der Waals surface area (Å²) in [5.41, 5.74) is 0.679. The lowest BCUT2D eigenvalue weighted by Crippen LogP contribution is -2.59. The van der Waals surface area contributed by atoms with Crippen LogP contribution in [0.2, 0.25) is 0 Å². The minimum absolute atomic E-state index is 0.0210. The van der Waals surface area contributed by atoms with Gasteiger partial charge in [-0.3, -0.25) is 14.9 Å². The van der Waals surface area contributed by atoms with E-state index in [1.807, 2.05) is 36.4 Å². The van der Waals surface area contributed by atoms with Gasteiger partial charge >= 0.3 is 5.97 Å². The van der Waals surface area contributed by atoms with Gasteiger partial charge in [-0.05, 0) is 80.1 Å². The van der Waals surface area contributed by atoms with Gasteiger partial charge in [0.25, 0.3) is 5.91 Å². The lowest BCUT2D eigenvalue weighted by Gasteiger charge is -2.43. The number of nitrogens with one attached hydrogen (secondary N) is 2. The van der Waals surface area contributed by atoms with Crippen LogP contribution in [-0.4, -0.2) is 24.1 Å². The molecule has 5 rings (SSSR count). The SMILES string of the molecule is CC(=O)Oc1ccc(Sc2ccc(C(=O)N[C@H]3NC4CCC3CC4)cc2)cc1. The number of rotatable bonds is 5. The van der Waals surface area contributed by atoms with Crippen LogP contribution in [0.25, 0.3) is 0 Å². The zero-order chi connectivity index (χ0) is 19.5. The predicted octanol–water partition coefficient (Wildman–Crippen LogP) is 3.98. The maximum Gasteiger partial charge on any atom is 0.308 e. The van der Waals surface area contributed by atoms with Crippen molar-refractivity contribution in [1.82, 2.24) is 10.6 Å². The van der Waals surface area contributed by atoms with Crippen LogP contribution in [-0.2, 0) is 4.79 Å². The molecule has 3 aliphatic rings. The first-order chi connectivity index (χ1) is 13.6. The highest BCUT2D eigenvalue weighted by molar-refractivity contribution is 7.99. The van der Waals surface area contributed by atoms with Crippen LogP contribution in [0, 0.1) is 5.92 Å². The summed E-state index contributed by atoms with van der Waals surface area (Å²) >= 11 is 1.60. The van der Waals surface area contributed by atoms with E-state index in [2.05, 4.69) is 10.6 Å². The van der Waals surface area contributed by atoms with Crippen molar-refractivity contribution in [3.05, 3.63) is 54.1 Å². The zero-order valence-corrected chi connectivity index (χ0v) is 16.6. The van der Waals surface area contributed by atoms with Gasteiger partial charge in [0, 0.05) is 28.3 Å². The Kier molecular flexibility index (Phi) is 5.69. The normalized spacial score (nSPS) is 23.2. The summed E-state index contributed by atoms with van der Waals surface area (Å²) < 4.78 is 5.04. The van der Waals surface area contributed by atoms with Crippen molar-refractivity contribution in [2.75, 3.05) is 0 Å². The second kappa shape index (κ2) is 8.37. The molecule has 2 heterocycles. The molecule has 1 amide bonds. The molecule has 0 radical (unpaired) electrons. The van der Waals surface area contributed by atoms with E-state index in [0.29, 0.717) is 23.3 Å². The minimum Gasteiger partial charge on any atom is -0.427 e. The average Bonchev–Trinajstić information content (AvgIpc) is 2.70. The number of piperidine rings is 2. The van der Waals surface area contributed by atoms with Crippen LogP contribution in [0.15, 0.2) is 58.3 Å². The molecule has 2 bridgehead atoms. The fourth-order valence-corrected chi connectivity index (χ4v) is 4.76. The highest BCUT2D eigenvalue weighted by Crippen LogP contribution is 2.32. The summed E-state index contributed by atoms with van der Waals surface area (Å²) in [4.78, 5) is 25.6. The molecule has 2 N–H and O–H groups in total. The summed E-state index contributed by atoms with van der Waals surface area (Å²) in [7, 11) is 0. The Balaban J connectivity index is 1.34. The maximum absolute atomic E-state index is 12.6. The molecule has 0 spiro atoms. The first-order valence-electron chi connectivity index (χ1n) is 9.70. The third-order valence-corrected chi connectivity index (χ3v) is 6.40. The summed E-state index contributed by atoms with van der Waals surface area (Å²) in [6.45, 7) is 1.38. The summed E-state index contributed by atoms with van der Waals surface area (Å²) in [6.07, 6.45) is 4.96. The van der Waals surface area contributed by atoms with Crippen LogP contribution in [0.5, 0.6) is 5.75 Å². The Hall–Kier alpha value is -2.31. The fourth-order valence-electron chi connectivity index (χ4n) is 3.95. The van der Waals surface area contributed by atoms with Crippen LogP contribution < -0.4 is 15.4 Å². The predicted molar refractivity (Wildman–Crippen MR) is 108 cm³/mol. The standard InChI is InChI=1S/C22H24N2O3S/c1-14(25)27-18-8-12-20(13-9-18)28-19-10-4-16(5-11-19)22(26)24-21-15-2-6-17(23-21)7-3-15/h4-5,8-13,15,17,21,23H,2-3,6-7H2,1H3,(H,24,26)/t15?,17?,21-/m1/s1. The van der Waals surface area contributed by atoms with Gasteiger partial charge in [0.1, 0.15) is 5.75 Å². The van der Waals surface area contributed by atoms with Crippen molar-refractivity contribution in [3.8, 4) is 5.75 Å². The third-order valence-electron chi connectivity index (χ3n) is 5.38. The molecular formula is C22H24N2O3S. The highest BCUT2D eigenvalue weighted by Gasteiger charge is 2.35. The van der Waals surface area contributed by atoms with Crippen molar-refractivity contribution < 1.29 is 14.3 Å². The van der Waals surface area contributed by atoms with Gasteiger partial charge in [-0.25, -0.2) is 0 Å². The van der Waals surface area contributed by atoms with E-state index < -0.39 is 0 Å². The Bertz CT molecular complexity index is 843. The second-order valence-electron chi connectivity index (χ2n) is 7.42. The number of amides is 1. The number of esters is 1. The molecule has 2 aromatic rings. The van der Waals surface area contributed by atoms with Crippen molar-refractivity contribution in [3.63, 3.8) is 0 Å². The lowest BCUT2D eigenvalue weighted by molar-refractivity contribution is -0.131. The molecule has 28 heavy (non-hydrogen) atoms. The van der Waals surface area contributed by atoms with Gasteiger partial charge in [-0.15, -0.1) is 0 Å². The molecule has 3 fully saturated rings. The Morgan fingerprint density at radius 1 is 0.964 bits per heavy atom. The number of ether oxygens (including phenoxy) is 1. The van der Waals surface area contributed by atoms with Gasteiger partial charge in [-0.2, -0.15) is 0 Å². The van der Waals surface area contributed by atoms with E-state index in [0.717, 1.165) is 9.79 Å². The highest BCUT2D eigenvalue weighted by atomic mass is 32.2. The van der Waals surface area contributed by atoms with Crippen molar-refractivity contribution in [2.24, 2.45) is 5.92 Å². The quantitative estimate of drug-likeness (QED) is 0.591. The molecule has 0 aromatic heterocycles. The third kappa shape index (κ3) is 4.56. The van der Waals surface area contributed by atoms with Crippen LogP contribution >= 0.6 is 11.8 Å². The molecule has 1 atom stereocenters. The van der Waals surface area contributed by atoms with Crippen molar-refractivity contribution in [1.29, 1.82) is 0 Å². The zero-order valence-electron chi connectivity index (χ0n) is 15.8. The first-order valence-corrected chi connectivity index (χ1v) is 10.5. The lowest BCUT2D eigenvalue weighted by atomic mass is 9.79. The number of carbonyl (C=O) groups excluding carboxylic acids is 2. The topological polar surface area (TPSA) is 67.4 Å². The number of fused-ring (bicyclic) bond motifs is 3. The van der Waals surface area contributed by atoms with E-state index in [1.54, 1.807) is 23.9 Å². The molecule has 2 aromatic carbocycles. The van der Waals surface area contributed by atoms with Gasteiger partial charge in [0.05, 0.1) is 6.17 Å². The smallest absolute Gasteiger partial charge is 0.308 e. The molecule has 1 saturated carbocycles. The summed E-state index contributed by atoms with van der Waals surface area (Å²) in [6, 6.07) is 15.6. The molecule has 1 aliphatic carbocycles. The second-order valence-corrected chi connectivity index (χ2v) is 8.57. The number of carbonyl (C=O) groups is 2. The van der Waals surface area contributed by atoms with Gasteiger partial charge in [-0.1, -0.05) is 11.8 Å². The van der Waals surface area contributed by atoms with Gasteiger partial charge < -0.3 is 10.1 Å². The van der Waals surface area contributed by atoms with Crippen LogP contribution in [0.1, 0.15) is 43.0 Å². The maximum atomic E-state index is 12.6.